The Bertz CT molecular complexity index is 231. The molecule has 0 aromatic rings. The number of rotatable bonds is 4. The van der Waals surface area contributed by atoms with Crippen molar-refractivity contribution in [2.24, 2.45) is 5.92 Å². The van der Waals surface area contributed by atoms with E-state index in [2.05, 4.69) is 5.32 Å². The molecule has 1 fully saturated rings. The smallest absolute Gasteiger partial charge is 0.248 e. The molecule has 0 aromatic carbocycles. The fourth-order valence-electron chi connectivity index (χ4n) is 1.95. The van der Waals surface area contributed by atoms with Crippen molar-refractivity contribution < 1.29 is 18.6 Å². The molecule has 3 nitrogen and oxygen atoms in total. The molecule has 0 saturated heterocycles. The highest BCUT2D eigenvalue weighted by atomic mass is 19.3. The maximum atomic E-state index is 12.9. The van der Waals surface area contributed by atoms with Gasteiger partial charge >= 0.3 is 0 Å². The second-order valence-corrected chi connectivity index (χ2v) is 5.79. The predicted molar refractivity (Wildman–Crippen MR) is 61.8 cm³/mol. The number of hydrogen-bond donors (Lipinski definition) is 2. The fourth-order valence-corrected chi connectivity index (χ4v) is 1.95. The maximum absolute atomic E-state index is 12.9. The van der Waals surface area contributed by atoms with E-state index in [4.69, 9.17) is 4.74 Å². The van der Waals surface area contributed by atoms with Crippen molar-refractivity contribution in [1.82, 2.24) is 5.32 Å². The van der Waals surface area contributed by atoms with E-state index in [1.54, 1.807) is 0 Å². The van der Waals surface area contributed by atoms with Crippen LogP contribution in [0.15, 0.2) is 0 Å². The number of halogens is 2. The first-order chi connectivity index (χ1) is 7.68. The average molecular weight is 251 g/mol. The summed E-state index contributed by atoms with van der Waals surface area (Å²) < 4.78 is 31.1. The highest BCUT2D eigenvalue weighted by Crippen LogP contribution is 2.35. The van der Waals surface area contributed by atoms with Crippen LogP contribution in [0, 0.1) is 5.92 Å². The topological polar surface area (TPSA) is 41.5 Å². The van der Waals surface area contributed by atoms with Gasteiger partial charge in [-0.15, -0.1) is 0 Å². The molecule has 1 aliphatic carbocycles. The zero-order valence-electron chi connectivity index (χ0n) is 10.8. The number of nitrogens with one attached hydrogen (secondary N) is 1. The first-order valence-corrected chi connectivity index (χ1v) is 6.15. The third-order valence-corrected chi connectivity index (χ3v) is 2.88. The molecule has 1 aliphatic rings. The summed E-state index contributed by atoms with van der Waals surface area (Å²) in [6.07, 6.45) is -0.118. The largest absolute Gasteiger partial charge is 0.356 e. The molecule has 0 radical (unpaired) electrons. The number of hydrogen-bond acceptors (Lipinski definition) is 3. The van der Waals surface area contributed by atoms with Gasteiger partial charge in [-0.1, -0.05) is 0 Å². The van der Waals surface area contributed by atoms with Crippen LogP contribution in [0.1, 0.15) is 46.5 Å². The quantitative estimate of drug-likeness (QED) is 0.754. The lowest BCUT2D eigenvalue weighted by molar-refractivity contribution is -0.182. The third-order valence-electron chi connectivity index (χ3n) is 2.88. The molecule has 0 aliphatic heterocycles. The molecule has 5 heteroatoms. The van der Waals surface area contributed by atoms with Crippen LogP contribution in [0.25, 0.3) is 0 Å². The lowest BCUT2D eigenvalue weighted by Gasteiger charge is -2.30. The van der Waals surface area contributed by atoms with Gasteiger partial charge in [0.1, 0.15) is 0 Å². The molecular formula is C12H23F2NO2. The van der Waals surface area contributed by atoms with Gasteiger partial charge in [0, 0.05) is 19.4 Å². The van der Waals surface area contributed by atoms with Crippen LogP contribution in [0.5, 0.6) is 0 Å². The Balaban J connectivity index is 2.19. The van der Waals surface area contributed by atoms with Crippen molar-refractivity contribution in [3.8, 4) is 0 Å². The molecule has 1 saturated carbocycles. The second-order valence-electron chi connectivity index (χ2n) is 5.79. The molecule has 1 atom stereocenters. The maximum Gasteiger partial charge on any atom is 0.248 e. The average Bonchev–Trinajstić information content (AvgIpc) is 2.13. The monoisotopic (exact) mass is 251 g/mol. The van der Waals surface area contributed by atoms with E-state index >= 15 is 0 Å². The van der Waals surface area contributed by atoms with E-state index in [1.807, 2.05) is 20.8 Å². The van der Waals surface area contributed by atoms with Crippen molar-refractivity contribution in [3.05, 3.63) is 0 Å². The highest BCUT2D eigenvalue weighted by Gasteiger charge is 2.34. The summed E-state index contributed by atoms with van der Waals surface area (Å²) >= 11 is 0. The van der Waals surface area contributed by atoms with E-state index in [9.17, 15) is 13.9 Å². The number of aliphatic hydroxyl groups excluding tert-OH is 1. The van der Waals surface area contributed by atoms with Crippen LogP contribution >= 0.6 is 0 Å². The van der Waals surface area contributed by atoms with E-state index in [0.717, 1.165) is 0 Å². The van der Waals surface area contributed by atoms with Crippen LogP contribution < -0.4 is 5.32 Å². The van der Waals surface area contributed by atoms with Crippen LogP contribution in [-0.2, 0) is 4.74 Å². The normalized spacial score (nSPS) is 23.6. The minimum absolute atomic E-state index is 0.0461. The first-order valence-electron chi connectivity index (χ1n) is 6.15. The van der Waals surface area contributed by atoms with Crippen LogP contribution in [0.3, 0.4) is 0 Å². The fraction of sp³-hybridized carbons (Fsp3) is 1.00. The van der Waals surface area contributed by atoms with Crippen LogP contribution in [0.4, 0.5) is 8.78 Å². The van der Waals surface area contributed by atoms with Gasteiger partial charge in [-0.05, 0) is 39.5 Å². The third kappa shape index (κ3) is 6.29. The van der Waals surface area contributed by atoms with Gasteiger partial charge < -0.3 is 9.84 Å². The molecule has 17 heavy (non-hydrogen) atoms. The molecule has 0 amide bonds. The van der Waals surface area contributed by atoms with Crippen molar-refractivity contribution in [2.75, 3.05) is 6.54 Å². The molecule has 0 bridgehead atoms. The molecule has 102 valence electrons. The first kappa shape index (κ1) is 14.8. The second kappa shape index (κ2) is 5.59. The van der Waals surface area contributed by atoms with E-state index in [1.165, 1.54) is 0 Å². The van der Waals surface area contributed by atoms with Gasteiger partial charge in [0.2, 0.25) is 12.3 Å². The predicted octanol–water partition coefficient (Wildman–Crippen LogP) is 2.49. The van der Waals surface area contributed by atoms with Gasteiger partial charge in [-0.2, -0.15) is 0 Å². The van der Waals surface area contributed by atoms with Crippen LogP contribution in [-0.4, -0.2) is 29.6 Å². The van der Waals surface area contributed by atoms with Gasteiger partial charge in [0.15, 0.2) is 0 Å². The van der Waals surface area contributed by atoms with E-state index in [-0.39, 0.29) is 18.8 Å². The number of alkyl halides is 2. The summed E-state index contributed by atoms with van der Waals surface area (Å²) in [4.78, 5) is 0. The summed E-state index contributed by atoms with van der Waals surface area (Å²) in [7, 11) is 0. The Morgan fingerprint density at radius 2 is 1.88 bits per heavy atom. The van der Waals surface area contributed by atoms with E-state index in [0.29, 0.717) is 19.4 Å². The minimum Gasteiger partial charge on any atom is -0.356 e. The number of aliphatic hydroxyl groups is 1. The number of ether oxygens (including phenoxy) is 1. The van der Waals surface area contributed by atoms with Crippen molar-refractivity contribution in [2.45, 2.75) is 64.4 Å². The molecule has 0 heterocycles. The molecular weight excluding hydrogens is 228 g/mol. The lowest BCUT2D eigenvalue weighted by Crippen LogP contribution is -2.41. The Morgan fingerprint density at radius 1 is 1.35 bits per heavy atom. The molecule has 0 spiro atoms. The Morgan fingerprint density at radius 3 is 2.35 bits per heavy atom. The Hall–Kier alpha value is -0.260. The van der Waals surface area contributed by atoms with Crippen molar-refractivity contribution in [1.29, 1.82) is 0 Å². The molecule has 2 N–H and O–H groups in total. The van der Waals surface area contributed by atoms with Crippen LogP contribution in [0.2, 0.25) is 0 Å². The molecule has 0 aromatic heterocycles. The highest BCUT2D eigenvalue weighted by molar-refractivity contribution is 4.78. The van der Waals surface area contributed by atoms with Gasteiger partial charge in [-0.25, -0.2) is 8.78 Å². The summed E-state index contributed by atoms with van der Waals surface area (Å²) in [5.41, 5.74) is -0.425. The Labute approximate surface area is 102 Å². The van der Waals surface area contributed by atoms with E-state index < -0.39 is 17.9 Å². The SMILES string of the molecule is CC(C)(C)OC(O)NCC1CCC(F)(F)CC1. The summed E-state index contributed by atoms with van der Waals surface area (Å²) in [6, 6.07) is 0. The standard InChI is InChI=1S/C12H23F2NO2/c1-11(2,3)17-10(16)15-8-9-4-6-12(13,14)7-5-9/h9-10,15-16H,4-8H2,1-3H3. The zero-order chi connectivity index (χ0) is 13.1. The lowest BCUT2D eigenvalue weighted by atomic mass is 9.87. The van der Waals surface area contributed by atoms with Crippen molar-refractivity contribution >= 4 is 0 Å². The van der Waals surface area contributed by atoms with Gasteiger partial charge in [0.25, 0.3) is 0 Å². The molecule has 1 rings (SSSR count). The minimum atomic E-state index is -2.49. The zero-order valence-corrected chi connectivity index (χ0v) is 10.8. The van der Waals surface area contributed by atoms with Crippen molar-refractivity contribution in [3.63, 3.8) is 0 Å². The summed E-state index contributed by atoms with van der Waals surface area (Å²) in [5.74, 6) is -2.29. The Kier molecular flexibility index (Phi) is 4.86. The summed E-state index contributed by atoms with van der Waals surface area (Å²) in [6.45, 7) is 6.06. The van der Waals surface area contributed by atoms with Gasteiger partial charge in [0.05, 0.1) is 5.60 Å². The molecule has 1 unspecified atom stereocenters. The van der Waals surface area contributed by atoms with Gasteiger partial charge in [-0.3, -0.25) is 5.32 Å². The summed E-state index contributed by atoms with van der Waals surface area (Å²) in [5, 5.41) is 12.4.